The van der Waals surface area contributed by atoms with Gasteiger partial charge in [-0.1, -0.05) is 48.0 Å². The van der Waals surface area contributed by atoms with Gasteiger partial charge in [-0.25, -0.2) is 0 Å². The van der Waals surface area contributed by atoms with E-state index in [1.54, 1.807) is 36.4 Å². The summed E-state index contributed by atoms with van der Waals surface area (Å²) in [4.78, 5) is 25.3. The van der Waals surface area contributed by atoms with Crippen LogP contribution in [0.5, 0.6) is 5.75 Å². The molecule has 0 aliphatic carbocycles. The zero-order chi connectivity index (χ0) is 23.9. The number of hydrogen-bond acceptors (Lipinski definition) is 5. The van der Waals surface area contributed by atoms with Gasteiger partial charge in [0.05, 0.1) is 11.5 Å². The van der Waals surface area contributed by atoms with E-state index in [1.165, 1.54) is 16.9 Å². The molecule has 3 aromatic carbocycles. The predicted octanol–water partition coefficient (Wildman–Crippen LogP) is 5.13. The second-order valence-electron chi connectivity index (χ2n) is 7.23. The van der Waals surface area contributed by atoms with Gasteiger partial charge in [0.25, 0.3) is 11.8 Å². The number of hydrogen-bond donors (Lipinski definition) is 3. The minimum absolute atomic E-state index is 0.0271. The van der Waals surface area contributed by atoms with Gasteiger partial charge in [0.15, 0.2) is 5.11 Å². The number of hydrazine groups is 1. The number of benzene rings is 3. The minimum Gasteiger partial charge on any atom is -0.493 e. The van der Waals surface area contributed by atoms with E-state index in [9.17, 15) is 9.59 Å². The number of ether oxygens (including phenoxy) is 1. The quantitative estimate of drug-likeness (QED) is 0.248. The van der Waals surface area contributed by atoms with Crippen LogP contribution >= 0.6 is 35.2 Å². The van der Waals surface area contributed by atoms with Gasteiger partial charge in [0.1, 0.15) is 5.75 Å². The summed E-state index contributed by atoms with van der Waals surface area (Å²) in [5.74, 6) is -0.119. The molecule has 0 aliphatic rings. The molecule has 0 bridgehead atoms. The molecule has 1 heterocycles. The number of thiophene rings is 1. The van der Waals surface area contributed by atoms with Crippen molar-refractivity contribution < 1.29 is 14.3 Å². The van der Waals surface area contributed by atoms with Gasteiger partial charge < -0.3 is 4.74 Å². The van der Waals surface area contributed by atoms with Gasteiger partial charge in [-0.05, 0) is 60.2 Å². The summed E-state index contributed by atoms with van der Waals surface area (Å²) in [6.45, 7) is 0.537. The van der Waals surface area contributed by atoms with Crippen molar-refractivity contribution in [2.24, 2.45) is 0 Å². The van der Waals surface area contributed by atoms with E-state index < -0.39 is 5.91 Å². The largest absolute Gasteiger partial charge is 0.493 e. The van der Waals surface area contributed by atoms with Crippen molar-refractivity contribution in [1.82, 2.24) is 16.2 Å². The van der Waals surface area contributed by atoms with Crippen LogP contribution < -0.4 is 20.9 Å². The summed E-state index contributed by atoms with van der Waals surface area (Å²) in [7, 11) is 0. The normalized spacial score (nSPS) is 10.5. The fourth-order valence-electron chi connectivity index (χ4n) is 3.15. The lowest BCUT2D eigenvalue weighted by Gasteiger charge is -2.11. The van der Waals surface area contributed by atoms with Crippen LogP contribution in [-0.4, -0.2) is 23.5 Å². The summed E-state index contributed by atoms with van der Waals surface area (Å²) in [6, 6.07) is 24.0. The predicted molar refractivity (Wildman–Crippen MR) is 140 cm³/mol. The van der Waals surface area contributed by atoms with E-state index in [4.69, 9.17) is 28.6 Å². The van der Waals surface area contributed by atoms with E-state index in [-0.39, 0.29) is 11.0 Å². The van der Waals surface area contributed by atoms with Gasteiger partial charge in [0, 0.05) is 27.1 Å². The molecule has 1 aromatic heterocycles. The molecule has 6 nitrogen and oxygen atoms in total. The number of thiocarbonyl (C=S) groups is 1. The molecule has 4 rings (SSSR count). The molecule has 2 amide bonds. The van der Waals surface area contributed by atoms with Crippen molar-refractivity contribution in [2.45, 2.75) is 6.42 Å². The number of amides is 2. The molecule has 3 N–H and O–H groups in total. The summed E-state index contributed by atoms with van der Waals surface area (Å²) in [5, 5.41) is 3.89. The number of fused-ring (bicyclic) bond motifs is 1. The molecule has 4 aromatic rings. The first kappa shape index (κ1) is 23.7. The standard InChI is InChI=1S/C25H20ClN3O3S2/c26-20-7-4-8-21-19(20)15-22(34-21)24(31)28-29-25(33)27-23(30)17-9-11-18(12-10-17)32-14-13-16-5-2-1-3-6-16/h1-12,15H,13-14H2,(H,28,31)(H2,27,29,30,33). The van der Waals surface area contributed by atoms with E-state index in [0.717, 1.165) is 16.5 Å². The van der Waals surface area contributed by atoms with Crippen molar-refractivity contribution in [3.05, 3.63) is 99.9 Å². The molecule has 0 fully saturated rings. The molecule has 0 aliphatic heterocycles. The molecule has 34 heavy (non-hydrogen) atoms. The third kappa shape index (κ3) is 6.11. The van der Waals surface area contributed by atoms with Gasteiger partial charge >= 0.3 is 0 Å². The van der Waals surface area contributed by atoms with Crippen LogP contribution in [0.2, 0.25) is 5.02 Å². The molecule has 0 atom stereocenters. The zero-order valence-electron chi connectivity index (χ0n) is 17.8. The first-order valence-electron chi connectivity index (χ1n) is 10.4. The number of nitrogens with one attached hydrogen (secondary N) is 3. The monoisotopic (exact) mass is 509 g/mol. The first-order chi connectivity index (χ1) is 16.5. The molecule has 0 radical (unpaired) electrons. The van der Waals surface area contributed by atoms with Crippen molar-refractivity contribution >= 4 is 62.2 Å². The van der Waals surface area contributed by atoms with Crippen molar-refractivity contribution in [1.29, 1.82) is 0 Å². The van der Waals surface area contributed by atoms with Crippen LogP contribution in [0.1, 0.15) is 25.6 Å². The first-order valence-corrected chi connectivity index (χ1v) is 12.0. The van der Waals surface area contributed by atoms with Gasteiger partial charge in [-0.15, -0.1) is 11.3 Å². The molecular formula is C25H20ClN3O3S2. The highest BCUT2D eigenvalue weighted by Crippen LogP contribution is 2.30. The Morgan fingerprint density at radius 3 is 2.41 bits per heavy atom. The maximum atomic E-state index is 12.4. The smallest absolute Gasteiger partial charge is 0.279 e. The van der Waals surface area contributed by atoms with Gasteiger partial charge in [-0.3, -0.25) is 25.8 Å². The Balaban J connectivity index is 1.23. The Kier molecular flexibility index (Phi) is 7.74. The number of rotatable bonds is 6. The summed E-state index contributed by atoms with van der Waals surface area (Å²) >= 11 is 12.6. The van der Waals surface area contributed by atoms with Crippen LogP contribution in [-0.2, 0) is 6.42 Å². The average Bonchev–Trinajstić information content (AvgIpc) is 3.30. The van der Waals surface area contributed by atoms with Crippen LogP contribution in [0.4, 0.5) is 0 Å². The molecule has 0 unspecified atom stereocenters. The third-order valence-electron chi connectivity index (χ3n) is 4.87. The maximum absolute atomic E-state index is 12.4. The van der Waals surface area contributed by atoms with Crippen molar-refractivity contribution in [2.75, 3.05) is 6.61 Å². The summed E-state index contributed by atoms with van der Waals surface area (Å²) in [6.07, 6.45) is 0.795. The highest BCUT2D eigenvalue weighted by molar-refractivity contribution is 7.80. The molecule has 0 saturated heterocycles. The number of halogens is 1. The fourth-order valence-corrected chi connectivity index (χ4v) is 4.56. The second-order valence-corrected chi connectivity index (χ2v) is 9.13. The van der Waals surface area contributed by atoms with Crippen LogP contribution in [0, 0.1) is 0 Å². The van der Waals surface area contributed by atoms with E-state index in [1.807, 2.05) is 42.5 Å². The summed E-state index contributed by atoms with van der Waals surface area (Å²) < 4.78 is 6.64. The Labute approximate surface area is 210 Å². The lowest BCUT2D eigenvalue weighted by atomic mass is 10.2. The number of carbonyl (C=O) groups excluding carboxylic acids is 2. The van der Waals surface area contributed by atoms with Crippen molar-refractivity contribution in [3.63, 3.8) is 0 Å². The third-order valence-corrected chi connectivity index (χ3v) is 6.50. The topological polar surface area (TPSA) is 79.5 Å². The average molecular weight is 510 g/mol. The summed E-state index contributed by atoms with van der Waals surface area (Å²) in [5.41, 5.74) is 6.63. The Morgan fingerprint density at radius 2 is 1.68 bits per heavy atom. The zero-order valence-corrected chi connectivity index (χ0v) is 20.2. The lowest BCUT2D eigenvalue weighted by Crippen LogP contribution is -2.48. The highest BCUT2D eigenvalue weighted by Gasteiger charge is 2.13. The SMILES string of the molecule is O=C(NC(=S)NNC(=O)c1cc2c(Cl)cccc2s1)c1ccc(OCCc2ccccc2)cc1. The van der Waals surface area contributed by atoms with E-state index in [0.29, 0.717) is 27.8 Å². The molecule has 0 spiro atoms. The van der Waals surface area contributed by atoms with Crippen LogP contribution in [0.25, 0.3) is 10.1 Å². The highest BCUT2D eigenvalue weighted by atomic mass is 35.5. The maximum Gasteiger partial charge on any atom is 0.279 e. The number of carbonyl (C=O) groups is 2. The Morgan fingerprint density at radius 1 is 0.912 bits per heavy atom. The van der Waals surface area contributed by atoms with Crippen molar-refractivity contribution in [3.8, 4) is 5.75 Å². The van der Waals surface area contributed by atoms with E-state index >= 15 is 0 Å². The Hall–Kier alpha value is -3.46. The lowest BCUT2D eigenvalue weighted by molar-refractivity contribution is 0.0938. The molecule has 172 valence electrons. The Bertz CT molecular complexity index is 1320. The fraction of sp³-hybridized carbons (Fsp3) is 0.0800. The van der Waals surface area contributed by atoms with Gasteiger partial charge in [-0.2, -0.15) is 0 Å². The van der Waals surface area contributed by atoms with Gasteiger partial charge in [0.2, 0.25) is 0 Å². The van der Waals surface area contributed by atoms with Crippen LogP contribution in [0.15, 0.2) is 78.9 Å². The minimum atomic E-state index is -0.406. The van der Waals surface area contributed by atoms with E-state index in [2.05, 4.69) is 16.2 Å². The molecule has 0 saturated carbocycles. The van der Waals surface area contributed by atoms with Crippen LogP contribution in [0.3, 0.4) is 0 Å². The molecular weight excluding hydrogens is 490 g/mol. The molecule has 9 heteroatoms. The second kappa shape index (κ2) is 11.1.